The molecule has 7 rings (SSSR count). The number of Topliss-reactive ketones (excluding diaryl/α,β-unsaturated/α-hetero) is 1. The van der Waals surface area contributed by atoms with Crippen molar-refractivity contribution in [3.63, 3.8) is 0 Å². The highest BCUT2D eigenvalue weighted by Gasteiger charge is 2.52. The number of anilines is 1. The summed E-state index contributed by atoms with van der Waals surface area (Å²) in [7, 11) is -1.12. The summed E-state index contributed by atoms with van der Waals surface area (Å²) < 4.78 is 16.4. The third-order valence-corrected chi connectivity index (χ3v) is 9.72. The number of ketones is 1. The van der Waals surface area contributed by atoms with Crippen LogP contribution in [0.1, 0.15) is 68.5 Å². The molecule has 1 amide bonds. The molecule has 2 aromatic carbocycles. The Balaban J connectivity index is 1.11. The van der Waals surface area contributed by atoms with E-state index in [0.29, 0.717) is 18.7 Å². The van der Waals surface area contributed by atoms with E-state index in [4.69, 9.17) is 0 Å². The van der Waals surface area contributed by atoms with Crippen molar-refractivity contribution in [2.45, 2.75) is 64.0 Å². The van der Waals surface area contributed by atoms with Crippen LogP contribution < -0.4 is 10.0 Å². The average molecular weight is 531 g/mol. The Morgan fingerprint density at radius 1 is 1.00 bits per heavy atom. The molecule has 2 bridgehead atoms. The zero-order valence-corrected chi connectivity index (χ0v) is 22.6. The number of nitrogens with zero attached hydrogens (tertiary/aromatic N) is 2. The highest BCUT2D eigenvalue weighted by molar-refractivity contribution is 7.85. The van der Waals surface area contributed by atoms with Gasteiger partial charge in [0, 0.05) is 41.3 Å². The summed E-state index contributed by atoms with van der Waals surface area (Å²) in [5.74, 6) is 0.460. The Labute approximate surface area is 226 Å². The van der Waals surface area contributed by atoms with Gasteiger partial charge in [-0.1, -0.05) is 42.8 Å². The number of carbonyl (C=O) groups is 2. The number of hydrogen-bond acceptors (Lipinski definition) is 4. The van der Waals surface area contributed by atoms with Crippen molar-refractivity contribution in [2.75, 3.05) is 11.0 Å². The topological polar surface area (TPSA) is 93.1 Å². The Kier molecular flexibility index (Phi) is 6.46. The van der Waals surface area contributed by atoms with Crippen molar-refractivity contribution in [2.24, 2.45) is 10.8 Å². The zero-order valence-electron chi connectivity index (χ0n) is 21.7. The second-order valence-corrected chi connectivity index (χ2v) is 12.4. The first kappa shape index (κ1) is 25.0. The van der Waals surface area contributed by atoms with Crippen LogP contribution in [0.5, 0.6) is 0 Å². The standard InChI is InChI=1S/C30H34N4O3S/c1-38(37)33-22-9-7-21(8-10-22)18-32-28(36)30-12-4-11-29(13-15-30,14-16-30)27(35)17-25-23-5-2-3-6-24(23)26-19-31-20-34(25)26/h2-3,5-10,19-20,25,33H,4,11-18H2,1H3,(H,32,36). The van der Waals surface area contributed by atoms with E-state index in [1.165, 1.54) is 11.1 Å². The van der Waals surface area contributed by atoms with Crippen LogP contribution in [-0.2, 0) is 27.1 Å². The quantitative estimate of drug-likeness (QED) is 0.421. The molecule has 4 aliphatic rings. The Bertz CT molecular complexity index is 1390. The highest BCUT2D eigenvalue weighted by atomic mass is 32.2. The lowest BCUT2D eigenvalue weighted by molar-refractivity contribution is -0.139. The Hall–Kier alpha value is -3.26. The van der Waals surface area contributed by atoms with Gasteiger partial charge in [0.2, 0.25) is 5.91 Å². The van der Waals surface area contributed by atoms with Gasteiger partial charge < -0.3 is 14.6 Å². The van der Waals surface area contributed by atoms with Gasteiger partial charge >= 0.3 is 0 Å². The van der Waals surface area contributed by atoms with Crippen LogP contribution in [0.2, 0.25) is 0 Å². The zero-order chi connectivity index (χ0) is 26.3. The molecule has 3 aromatic rings. The summed E-state index contributed by atoms with van der Waals surface area (Å²) in [5, 5.41) is 3.18. The number of aromatic nitrogens is 2. The van der Waals surface area contributed by atoms with Crippen LogP contribution in [0.4, 0.5) is 5.69 Å². The fourth-order valence-corrected chi connectivity index (χ4v) is 7.46. The first-order chi connectivity index (χ1) is 18.4. The molecular weight excluding hydrogens is 496 g/mol. The molecule has 198 valence electrons. The lowest BCUT2D eigenvalue weighted by Gasteiger charge is -2.41. The van der Waals surface area contributed by atoms with Crippen LogP contribution in [0, 0.1) is 10.8 Å². The lowest BCUT2D eigenvalue weighted by Crippen LogP contribution is -2.45. The Morgan fingerprint density at radius 3 is 2.47 bits per heavy atom. The highest BCUT2D eigenvalue weighted by Crippen LogP contribution is 2.56. The number of carbonyl (C=O) groups excluding carboxylic acids is 2. The SMILES string of the molecule is CS(=O)Nc1ccc(CNC(=O)C23CCCC(C(=O)CC4c5ccccc5-c5cncn54)(CC2)CC3)cc1. The van der Waals surface area contributed by atoms with Crippen molar-refractivity contribution in [1.29, 1.82) is 0 Å². The maximum atomic E-state index is 13.9. The van der Waals surface area contributed by atoms with E-state index < -0.39 is 11.0 Å². The van der Waals surface area contributed by atoms with E-state index in [1.54, 1.807) is 6.26 Å². The summed E-state index contributed by atoms with van der Waals surface area (Å²) in [5.41, 5.74) is 4.57. The van der Waals surface area contributed by atoms with Gasteiger partial charge in [-0.05, 0) is 61.8 Å². The lowest BCUT2D eigenvalue weighted by atomic mass is 9.62. The number of amides is 1. The maximum absolute atomic E-state index is 13.9. The first-order valence-electron chi connectivity index (χ1n) is 13.5. The minimum absolute atomic E-state index is 0.00252. The minimum atomic E-state index is -1.12. The third kappa shape index (κ3) is 4.38. The number of rotatable bonds is 8. The van der Waals surface area contributed by atoms with E-state index >= 15 is 0 Å². The maximum Gasteiger partial charge on any atom is 0.226 e. The molecule has 3 fully saturated rings. The van der Waals surface area contributed by atoms with E-state index in [0.717, 1.165) is 61.9 Å². The van der Waals surface area contributed by atoms with E-state index in [9.17, 15) is 13.8 Å². The molecular formula is C30H34N4O3S. The summed E-state index contributed by atoms with van der Waals surface area (Å²) in [4.78, 5) is 31.7. The van der Waals surface area contributed by atoms with Gasteiger partial charge in [-0.25, -0.2) is 9.19 Å². The number of nitrogens with one attached hydrogen (secondary N) is 2. The van der Waals surface area contributed by atoms with Gasteiger partial charge in [0.1, 0.15) is 16.8 Å². The van der Waals surface area contributed by atoms with Crippen LogP contribution in [0.25, 0.3) is 11.3 Å². The monoisotopic (exact) mass is 530 g/mol. The van der Waals surface area contributed by atoms with E-state index in [-0.39, 0.29) is 22.8 Å². The molecule has 1 aliphatic heterocycles. The number of imidazole rings is 1. The molecule has 2 N–H and O–H groups in total. The van der Waals surface area contributed by atoms with Crippen LogP contribution >= 0.6 is 0 Å². The number of fused-ring (bicyclic) bond motifs is 7. The largest absolute Gasteiger partial charge is 0.352 e. The first-order valence-corrected chi connectivity index (χ1v) is 15.1. The molecule has 2 heterocycles. The Morgan fingerprint density at radius 2 is 1.71 bits per heavy atom. The van der Waals surface area contributed by atoms with Gasteiger partial charge in [-0.2, -0.15) is 0 Å². The number of hydrogen-bond donors (Lipinski definition) is 2. The third-order valence-electron chi connectivity index (χ3n) is 9.19. The fraction of sp³-hybridized carbons (Fsp3) is 0.433. The molecule has 8 heteroatoms. The molecule has 2 atom stereocenters. The second kappa shape index (κ2) is 9.80. The molecule has 3 saturated carbocycles. The van der Waals surface area contributed by atoms with Crippen LogP contribution in [0.15, 0.2) is 61.1 Å². The van der Waals surface area contributed by atoms with Gasteiger partial charge in [-0.15, -0.1) is 0 Å². The van der Waals surface area contributed by atoms with Crippen molar-refractivity contribution in [3.8, 4) is 11.3 Å². The van der Waals surface area contributed by atoms with Crippen molar-refractivity contribution >= 4 is 28.4 Å². The summed E-state index contributed by atoms with van der Waals surface area (Å²) in [6.07, 6.45) is 11.6. The number of benzene rings is 2. The van der Waals surface area contributed by atoms with Crippen LogP contribution in [0.3, 0.4) is 0 Å². The van der Waals surface area contributed by atoms with Gasteiger partial charge in [0.05, 0.1) is 24.3 Å². The predicted octanol–water partition coefficient (Wildman–Crippen LogP) is 5.16. The summed E-state index contributed by atoms with van der Waals surface area (Å²) >= 11 is 0. The smallest absolute Gasteiger partial charge is 0.226 e. The van der Waals surface area contributed by atoms with Crippen LogP contribution in [-0.4, -0.2) is 31.7 Å². The average Bonchev–Trinajstić information content (AvgIpc) is 3.38. The van der Waals surface area contributed by atoms with Gasteiger partial charge in [0.25, 0.3) is 0 Å². The van der Waals surface area contributed by atoms with Crippen molar-refractivity contribution in [1.82, 2.24) is 14.9 Å². The molecule has 38 heavy (non-hydrogen) atoms. The summed E-state index contributed by atoms with van der Waals surface area (Å²) in [6, 6.07) is 16.0. The van der Waals surface area contributed by atoms with E-state index in [2.05, 4.69) is 31.7 Å². The minimum Gasteiger partial charge on any atom is -0.352 e. The molecule has 0 saturated heterocycles. The molecule has 1 aromatic heterocycles. The molecule has 2 unspecified atom stereocenters. The molecule has 7 nitrogen and oxygen atoms in total. The fourth-order valence-electron chi connectivity index (χ4n) is 6.99. The van der Waals surface area contributed by atoms with Gasteiger partial charge in [0.15, 0.2) is 0 Å². The molecule has 0 radical (unpaired) electrons. The summed E-state index contributed by atoms with van der Waals surface area (Å²) in [6.45, 7) is 0.467. The van der Waals surface area contributed by atoms with Crippen molar-refractivity contribution < 1.29 is 13.8 Å². The normalized spacial score (nSPS) is 26.2. The molecule has 3 aliphatic carbocycles. The van der Waals surface area contributed by atoms with E-state index in [1.807, 2.05) is 48.9 Å². The van der Waals surface area contributed by atoms with Gasteiger partial charge in [-0.3, -0.25) is 9.59 Å². The molecule has 0 spiro atoms. The predicted molar refractivity (Wildman–Crippen MR) is 149 cm³/mol. The van der Waals surface area contributed by atoms with Crippen molar-refractivity contribution in [3.05, 3.63) is 72.2 Å². The second-order valence-electron chi connectivity index (χ2n) is 11.3.